The molecule has 1 rings (SSSR count). The lowest BCUT2D eigenvalue weighted by molar-refractivity contribution is 0.175. The van der Waals surface area contributed by atoms with E-state index in [9.17, 15) is 4.39 Å². The van der Waals surface area contributed by atoms with E-state index >= 15 is 0 Å². The molecule has 4 heteroatoms. The largest absolute Gasteiger partial charge is 0.493 e. The van der Waals surface area contributed by atoms with E-state index in [0.29, 0.717) is 22.7 Å². The van der Waals surface area contributed by atoms with Gasteiger partial charge in [0.25, 0.3) is 0 Å². The zero-order chi connectivity index (χ0) is 14.5. The molecule has 0 unspecified atom stereocenters. The van der Waals surface area contributed by atoms with Crippen molar-refractivity contribution < 1.29 is 9.13 Å². The molecule has 0 bridgehead atoms. The van der Waals surface area contributed by atoms with Crippen LogP contribution in [0.4, 0.5) is 4.39 Å². The number of rotatable bonds is 7. The molecular formula is C15H23BrFNO. The Morgan fingerprint density at radius 3 is 2.63 bits per heavy atom. The summed E-state index contributed by atoms with van der Waals surface area (Å²) in [7, 11) is 0. The van der Waals surface area contributed by atoms with Crippen LogP contribution in [0.2, 0.25) is 0 Å². The molecule has 108 valence electrons. The first kappa shape index (κ1) is 16.4. The van der Waals surface area contributed by atoms with Crippen LogP contribution in [0.5, 0.6) is 5.75 Å². The lowest BCUT2D eigenvalue weighted by Gasteiger charge is -2.25. The summed E-state index contributed by atoms with van der Waals surface area (Å²) >= 11 is 3.16. The minimum absolute atomic E-state index is 0.0375. The molecule has 0 amide bonds. The van der Waals surface area contributed by atoms with Crippen LogP contribution in [-0.2, 0) is 0 Å². The number of hydrogen-bond acceptors (Lipinski definition) is 2. The smallest absolute Gasteiger partial charge is 0.137 e. The van der Waals surface area contributed by atoms with Gasteiger partial charge in [-0.3, -0.25) is 0 Å². The molecule has 0 spiro atoms. The second-order valence-corrected chi connectivity index (χ2v) is 6.91. The molecule has 0 aliphatic heterocycles. The fraction of sp³-hybridized carbons (Fsp3) is 0.600. The molecule has 0 aliphatic carbocycles. The van der Waals surface area contributed by atoms with Gasteiger partial charge in [0.05, 0.1) is 11.1 Å². The summed E-state index contributed by atoms with van der Waals surface area (Å²) in [5, 5.41) is 3.43. The van der Waals surface area contributed by atoms with Crippen molar-refractivity contribution in [3.8, 4) is 5.75 Å². The van der Waals surface area contributed by atoms with E-state index in [0.717, 1.165) is 13.1 Å². The van der Waals surface area contributed by atoms with E-state index in [-0.39, 0.29) is 11.2 Å². The molecular weight excluding hydrogens is 309 g/mol. The van der Waals surface area contributed by atoms with Crippen LogP contribution >= 0.6 is 15.9 Å². The number of halogens is 2. The number of nitrogens with one attached hydrogen (secondary N) is 1. The molecule has 19 heavy (non-hydrogen) atoms. The van der Waals surface area contributed by atoms with Crippen LogP contribution in [0.25, 0.3) is 0 Å². The van der Waals surface area contributed by atoms with Crippen molar-refractivity contribution in [2.75, 3.05) is 19.7 Å². The lowest BCUT2D eigenvalue weighted by atomic mass is 9.94. The minimum atomic E-state index is -0.273. The Labute approximate surface area is 123 Å². The Morgan fingerprint density at radius 2 is 2.05 bits per heavy atom. The molecule has 2 nitrogen and oxygen atoms in total. The maximum absolute atomic E-state index is 13.1. The van der Waals surface area contributed by atoms with Gasteiger partial charge >= 0.3 is 0 Å². The quantitative estimate of drug-likeness (QED) is 0.806. The van der Waals surface area contributed by atoms with Crippen molar-refractivity contribution in [1.82, 2.24) is 5.32 Å². The molecule has 1 aromatic carbocycles. The Morgan fingerprint density at radius 1 is 1.37 bits per heavy atom. The SMILES string of the molecule is CC(C)CNCC(C)(C)COc1ccc(F)c(Br)c1. The van der Waals surface area contributed by atoms with Crippen molar-refractivity contribution in [3.05, 3.63) is 28.5 Å². The highest BCUT2D eigenvalue weighted by molar-refractivity contribution is 9.10. The van der Waals surface area contributed by atoms with E-state index in [2.05, 4.69) is 48.9 Å². The Hall–Kier alpha value is -0.610. The van der Waals surface area contributed by atoms with E-state index in [1.165, 1.54) is 6.07 Å². The number of benzene rings is 1. The standard InChI is InChI=1S/C15H23BrFNO/c1-11(2)8-18-9-15(3,4)10-19-12-5-6-14(17)13(16)7-12/h5-7,11,18H,8-10H2,1-4H3. The first-order valence-corrected chi connectivity index (χ1v) is 7.38. The highest BCUT2D eigenvalue weighted by atomic mass is 79.9. The van der Waals surface area contributed by atoms with Crippen molar-refractivity contribution in [3.63, 3.8) is 0 Å². The molecule has 0 saturated heterocycles. The highest BCUT2D eigenvalue weighted by Crippen LogP contribution is 2.23. The second-order valence-electron chi connectivity index (χ2n) is 6.05. The predicted octanol–water partition coefficient (Wildman–Crippen LogP) is 4.24. The molecule has 0 saturated carbocycles. The normalized spacial score (nSPS) is 11.9. The van der Waals surface area contributed by atoms with E-state index in [1.54, 1.807) is 12.1 Å². The fourth-order valence-electron chi connectivity index (χ4n) is 1.60. The van der Waals surface area contributed by atoms with Gasteiger partial charge in [-0.15, -0.1) is 0 Å². The summed E-state index contributed by atoms with van der Waals surface area (Å²) in [6.45, 7) is 11.2. The van der Waals surface area contributed by atoms with Crippen LogP contribution in [0.3, 0.4) is 0 Å². The van der Waals surface area contributed by atoms with Crippen molar-refractivity contribution in [1.29, 1.82) is 0 Å². The summed E-state index contributed by atoms with van der Waals surface area (Å²) in [5.74, 6) is 1.06. The highest BCUT2D eigenvalue weighted by Gasteiger charge is 2.18. The maximum atomic E-state index is 13.1. The average molecular weight is 332 g/mol. The van der Waals surface area contributed by atoms with Gasteiger partial charge < -0.3 is 10.1 Å². The topological polar surface area (TPSA) is 21.3 Å². The monoisotopic (exact) mass is 331 g/mol. The maximum Gasteiger partial charge on any atom is 0.137 e. The molecule has 0 atom stereocenters. The summed E-state index contributed by atoms with van der Waals surface area (Å²) in [4.78, 5) is 0. The minimum Gasteiger partial charge on any atom is -0.493 e. The van der Waals surface area contributed by atoms with Crippen LogP contribution in [-0.4, -0.2) is 19.7 Å². The Kier molecular flexibility index (Phi) is 6.27. The zero-order valence-electron chi connectivity index (χ0n) is 12.1. The van der Waals surface area contributed by atoms with Crippen LogP contribution in [0, 0.1) is 17.2 Å². The summed E-state index contributed by atoms with van der Waals surface area (Å²) in [5.41, 5.74) is 0.0375. The lowest BCUT2D eigenvalue weighted by Crippen LogP contribution is -2.35. The van der Waals surface area contributed by atoms with E-state index in [4.69, 9.17) is 4.74 Å². The van der Waals surface area contributed by atoms with Gasteiger partial charge in [-0.05, 0) is 46.6 Å². The van der Waals surface area contributed by atoms with Crippen molar-refractivity contribution in [2.24, 2.45) is 11.3 Å². The van der Waals surface area contributed by atoms with E-state index in [1.807, 2.05) is 0 Å². The Balaban J connectivity index is 2.43. The zero-order valence-corrected chi connectivity index (χ0v) is 13.7. The molecule has 1 N–H and O–H groups in total. The molecule has 0 aromatic heterocycles. The number of ether oxygens (including phenoxy) is 1. The van der Waals surface area contributed by atoms with E-state index < -0.39 is 0 Å². The summed E-state index contributed by atoms with van der Waals surface area (Å²) in [6.07, 6.45) is 0. The van der Waals surface area contributed by atoms with Crippen molar-refractivity contribution >= 4 is 15.9 Å². The van der Waals surface area contributed by atoms with Gasteiger partial charge in [0, 0.05) is 12.0 Å². The van der Waals surface area contributed by atoms with Gasteiger partial charge in [0.15, 0.2) is 0 Å². The Bertz CT molecular complexity index is 407. The molecule has 0 aliphatic rings. The first-order chi connectivity index (χ1) is 8.80. The third kappa shape index (κ3) is 6.39. The van der Waals surface area contributed by atoms with Gasteiger partial charge in [-0.1, -0.05) is 27.7 Å². The first-order valence-electron chi connectivity index (χ1n) is 6.59. The second kappa shape index (κ2) is 7.25. The summed E-state index contributed by atoms with van der Waals surface area (Å²) in [6, 6.07) is 4.72. The molecule has 0 radical (unpaired) electrons. The van der Waals surface area contributed by atoms with Gasteiger partial charge in [0.1, 0.15) is 11.6 Å². The van der Waals surface area contributed by atoms with Crippen LogP contribution in [0.1, 0.15) is 27.7 Å². The molecule has 0 fully saturated rings. The third-order valence-electron chi connectivity index (χ3n) is 2.68. The molecule has 0 heterocycles. The fourth-order valence-corrected chi connectivity index (χ4v) is 1.95. The van der Waals surface area contributed by atoms with Crippen molar-refractivity contribution in [2.45, 2.75) is 27.7 Å². The predicted molar refractivity (Wildman–Crippen MR) is 81.1 cm³/mol. The summed E-state index contributed by atoms with van der Waals surface area (Å²) < 4.78 is 19.3. The van der Waals surface area contributed by atoms with Crippen LogP contribution in [0.15, 0.2) is 22.7 Å². The van der Waals surface area contributed by atoms with Gasteiger partial charge in [0.2, 0.25) is 0 Å². The average Bonchev–Trinajstić information content (AvgIpc) is 2.30. The van der Waals surface area contributed by atoms with Gasteiger partial charge in [-0.2, -0.15) is 0 Å². The number of hydrogen-bond donors (Lipinski definition) is 1. The molecule has 1 aromatic rings. The third-order valence-corrected chi connectivity index (χ3v) is 3.28. The van der Waals surface area contributed by atoms with Crippen LogP contribution < -0.4 is 10.1 Å². The van der Waals surface area contributed by atoms with Gasteiger partial charge in [-0.25, -0.2) is 4.39 Å².